The molecule has 1 aliphatic heterocycles. The van der Waals surface area contributed by atoms with Crippen molar-refractivity contribution in [1.82, 2.24) is 9.97 Å². The molecule has 0 saturated carbocycles. The highest BCUT2D eigenvalue weighted by Gasteiger charge is 2.51. The molecule has 3 heteroatoms. The molecule has 0 saturated heterocycles. The molecule has 0 radical (unpaired) electrons. The van der Waals surface area contributed by atoms with Crippen LogP contribution in [-0.4, -0.2) is 9.97 Å². The number of benzene rings is 7. The Morgan fingerprint density at radius 1 is 0.417 bits per heavy atom. The fourth-order valence-corrected chi connectivity index (χ4v) is 8.12. The van der Waals surface area contributed by atoms with E-state index in [0.717, 1.165) is 39.2 Å². The molecular weight excluding hydrogens is 583 g/mol. The zero-order valence-electron chi connectivity index (χ0n) is 26.1. The molecule has 2 aliphatic rings. The lowest BCUT2D eigenvalue weighted by atomic mass is 9.64. The molecular formula is C45H29N3. The Morgan fingerprint density at radius 3 is 1.75 bits per heavy atom. The van der Waals surface area contributed by atoms with E-state index >= 15 is 0 Å². The normalized spacial score (nSPS) is 13.5. The topological polar surface area (TPSA) is 29.0 Å². The molecule has 3 nitrogen and oxygen atoms in total. The van der Waals surface area contributed by atoms with Crippen LogP contribution in [0.5, 0.6) is 0 Å². The SMILES string of the molecule is c1ccc(-c2nc(-c3ccc4c(c3)C3(c5ccccc5-4)c4ccccc4N(c4ccccc4)c4ccccc43)nc3ccccc23)cc1. The van der Waals surface area contributed by atoms with E-state index in [0.29, 0.717) is 0 Å². The Morgan fingerprint density at radius 2 is 1.00 bits per heavy atom. The van der Waals surface area contributed by atoms with Crippen molar-refractivity contribution >= 4 is 28.0 Å². The molecule has 1 spiro atoms. The molecule has 7 aromatic carbocycles. The predicted octanol–water partition coefficient (Wildman–Crippen LogP) is 11.1. The summed E-state index contributed by atoms with van der Waals surface area (Å²) in [5.41, 5.74) is 14.5. The third-order valence-electron chi connectivity index (χ3n) is 10.1. The average Bonchev–Trinajstić information content (AvgIpc) is 3.45. The van der Waals surface area contributed by atoms with Gasteiger partial charge >= 0.3 is 0 Å². The monoisotopic (exact) mass is 611 g/mol. The molecule has 1 aliphatic carbocycles. The summed E-state index contributed by atoms with van der Waals surface area (Å²) in [7, 11) is 0. The maximum absolute atomic E-state index is 5.27. The van der Waals surface area contributed by atoms with Crippen molar-refractivity contribution in [3.63, 3.8) is 0 Å². The van der Waals surface area contributed by atoms with E-state index in [-0.39, 0.29) is 0 Å². The molecule has 1 aromatic heterocycles. The number of aromatic nitrogens is 2. The number of nitrogens with zero attached hydrogens (tertiary/aromatic N) is 3. The Bertz CT molecular complexity index is 2470. The van der Waals surface area contributed by atoms with Gasteiger partial charge in [-0.2, -0.15) is 0 Å². The summed E-state index contributed by atoms with van der Waals surface area (Å²) in [6, 6.07) is 63.1. The van der Waals surface area contributed by atoms with E-state index in [1.54, 1.807) is 0 Å². The molecule has 0 unspecified atom stereocenters. The Hall–Kier alpha value is -6.32. The van der Waals surface area contributed by atoms with E-state index in [9.17, 15) is 0 Å². The number of rotatable bonds is 3. The summed E-state index contributed by atoms with van der Waals surface area (Å²) in [5.74, 6) is 0.727. The zero-order valence-corrected chi connectivity index (χ0v) is 26.1. The first-order chi connectivity index (χ1) is 23.8. The van der Waals surface area contributed by atoms with E-state index in [2.05, 4.69) is 175 Å². The van der Waals surface area contributed by atoms with E-state index in [1.807, 2.05) is 6.07 Å². The van der Waals surface area contributed by atoms with Crippen molar-refractivity contribution in [2.24, 2.45) is 0 Å². The Kier molecular flexibility index (Phi) is 5.79. The molecule has 0 N–H and O–H groups in total. The summed E-state index contributed by atoms with van der Waals surface area (Å²) >= 11 is 0. The second-order valence-electron chi connectivity index (χ2n) is 12.5. The summed E-state index contributed by atoms with van der Waals surface area (Å²) in [6.45, 7) is 0. The minimum Gasteiger partial charge on any atom is -0.310 e. The van der Waals surface area contributed by atoms with Gasteiger partial charge in [-0.1, -0.05) is 140 Å². The van der Waals surface area contributed by atoms with Gasteiger partial charge in [-0.05, 0) is 69.8 Å². The van der Waals surface area contributed by atoms with Crippen LogP contribution in [0.15, 0.2) is 176 Å². The Labute approximate surface area is 279 Å². The van der Waals surface area contributed by atoms with Gasteiger partial charge < -0.3 is 4.90 Å². The zero-order chi connectivity index (χ0) is 31.7. The van der Waals surface area contributed by atoms with E-state index < -0.39 is 5.41 Å². The van der Waals surface area contributed by atoms with Crippen LogP contribution in [0.25, 0.3) is 44.7 Å². The van der Waals surface area contributed by atoms with Gasteiger partial charge in [0, 0.05) is 22.2 Å². The summed E-state index contributed by atoms with van der Waals surface area (Å²) in [5, 5.41) is 1.05. The first-order valence-electron chi connectivity index (χ1n) is 16.4. The van der Waals surface area contributed by atoms with Crippen molar-refractivity contribution in [3.05, 3.63) is 198 Å². The Balaban J connectivity index is 1.28. The highest BCUT2D eigenvalue weighted by atomic mass is 15.2. The van der Waals surface area contributed by atoms with Crippen molar-refractivity contribution in [2.75, 3.05) is 4.90 Å². The second kappa shape index (κ2) is 10.3. The van der Waals surface area contributed by atoms with Crippen molar-refractivity contribution in [1.29, 1.82) is 0 Å². The van der Waals surface area contributed by atoms with Gasteiger partial charge in [0.25, 0.3) is 0 Å². The molecule has 0 bridgehead atoms. The fraction of sp³-hybridized carbons (Fsp3) is 0.0222. The van der Waals surface area contributed by atoms with Crippen molar-refractivity contribution in [3.8, 4) is 33.8 Å². The molecule has 0 fully saturated rings. The van der Waals surface area contributed by atoms with Crippen LogP contribution in [0, 0.1) is 0 Å². The number of para-hydroxylation sites is 4. The van der Waals surface area contributed by atoms with Crippen molar-refractivity contribution in [2.45, 2.75) is 5.41 Å². The van der Waals surface area contributed by atoms with Gasteiger partial charge in [0.2, 0.25) is 0 Å². The van der Waals surface area contributed by atoms with Crippen LogP contribution in [0.3, 0.4) is 0 Å². The lowest BCUT2D eigenvalue weighted by molar-refractivity contribution is 0.753. The smallest absolute Gasteiger partial charge is 0.160 e. The molecule has 0 amide bonds. The van der Waals surface area contributed by atoms with Gasteiger partial charge in [-0.3, -0.25) is 0 Å². The maximum atomic E-state index is 5.27. The largest absolute Gasteiger partial charge is 0.310 e. The average molecular weight is 612 g/mol. The van der Waals surface area contributed by atoms with E-state index in [1.165, 1.54) is 44.8 Å². The lowest BCUT2D eigenvalue weighted by Gasteiger charge is -2.45. The first-order valence-corrected chi connectivity index (χ1v) is 16.4. The van der Waals surface area contributed by atoms with Crippen LogP contribution in [-0.2, 0) is 5.41 Å². The molecule has 10 rings (SSSR count). The van der Waals surface area contributed by atoms with Crippen LogP contribution in [0.1, 0.15) is 22.3 Å². The highest BCUT2D eigenvalue weighted by Crippen LogP contribution is 2.63. The number of hydrogen-bond donors (Lipinski definition) is 0. The van der Waals surface area contributed by atoms with Crippen LogP contribution < -0.4 is 4.90 Å². The number of fused-ring (bicyclic) bond motifs is 10. The van der Waals surface area contributed by atoms with Gasteiger partial charge in [0.1, 0.15) is 0 Å². The number of hydrogen-bond acceptors (Lipinski definition) is 3. The van der Waals surface area contributed by atoms with E-state index in [4.69, 9.17) is 9.97 Å². The molecule has 224 valence electrons. The minimum absolute atomic E-state index is 0.528. The molecule has 2 heterocycles. The summed E-state index contributed by atoms with van der Waals surface area (Å²) < 4.78 is 0. The standard InChI is InChI=1S/C45H29N3/c1-3-15-30(16-4-1)43-35-20-8-12-24-40(35)46-44(47-43)31-27-28-34-33-19-7-9-21-36(33)45(39(34)29-31)37-22-10-13-25-41(37)48(32-17-5-2-6-18-32)42-26-14-11-23-38(42)45/h1-29H. The quantitative estimate of drug-likeness (QED) is 0.199. The third kappa shape index (κ3) is 3.70. The highest BCUT2D eigenvalue weighted by molar-refractivity contribution is 5.97. The van der Waals surface area contributed by atoms with Crippen molar-refractivity contribution < 1.29 is 0 Å². The molecule has 8 aromatic rings. The van der Waals surface area contributed by atoms with Crippen LogP contribution in [0.4, 0.5) is 17.1 Å². The van der Waals surface area contributed by atoms with Gasteiger partial charge in [0.15, 0.2) is 5.82 Å². The van der Waals surface area contributed by atoms with Crippen LogP contribution in [0.2, 0.25) is 0 Å². The maximum Gasteiger partial charge on any atom is 0.160 e. The minimum atomic E-state index is -0.528. The second-order valence-corrected chi connectivity index (χ2v) is 12.5. The van der Waals surface area contributed by atoms with Gasteiger partial charge in [-0.15, -0.1) is 0 Å². The predicted molar refractivity (Wildman–Crippen MR) is 196 cm³/mol. The van der Waals surface area contributed by atoms with Gasteiger partial charge in [0.05, 0.1) is 28.0 Å². The number of anilines is 3. The van der Waals surface area contributed by atoms with Crippen LogP contribution >= 0.6 is 0 Å². The molecule has 48 heavy (non-hydrogen) atoms. The van der Waals surface area contributed by atoms with Gasteiger partial charge in [-0.25, -0.2) is 9.97 Å². The molecule has 0 atom stereocenters. The summed E-state index contributed by atoms with van der Waals surface area (Å²) in [4.78, 5) is 12.8. The first kappa shape index (κ1) is 26.9. The summed E-state index contributed by atoms with van der Waals surface area (Å²) in [6.07, 6.45) is 0. The third-order valence-corrected chi connectivity index (χ3v) is 10.1. The lowest BCUT2D eigenvalue weighted by Crippen LogP contribution is -2.36. The fourth-order valence-electron chi connectivity index (χ4n) is 8.12.